The van der Waals surface area contributed by atoms with Gasteiger partial charge in [0.15, 0.2) is 0 Å². The number of halogens is 4. The van der Waals surface area contributed by atoms with Gasteiger partial charge in [0.25, 0.3) is 15.9 Å². The number of aryl methyl sites for hydroxylation is 1. The van der Waals surface area contributed by atoms with Crippen molar-refractivity contribution in [2.45, 2.75) is 42.6 Å². The number of hydrogen-bond acceptors (Lipinski definition) is 5. The first-order valence-electron chi connectivity index (χ1n) is 9.35. The number of benzene rings is 1. The Balaban J connectivity index is 1.91. The second-order valence-electron chi connectivity index (χ2n) is 7.23. The highest BCUT2D eigenvalue weighted by molar-refractivity contribution is 7.94. The normalized spacial score (nSPS) is 17.3. The Morgan fingerprint density at radius 3 is 2.56 bits per heavy atom. The van der Waals surface area contributed by atoms with E-state index in [1.807, 2.05) is 4.72 Å². The quantitative estimate of drug-likeness (QED) is 0.611. The highest BCUT2D eigenvalue weighted by Gasteiger charge is 2.35. The average Bonchev–Trinajstić information content (AvgIpc) is 3.10. The number of hydrogen-bond donors (Lipinski definition) is 2. The zero-order valence-electron chi connectivity index (χ0n) is 16.6. The molecule has 2 N–H and O–H groups in total. The third-order valence-corrected chi connectivity index (χ3v) is 8.47. The molecule has 1 aromatic heterocycles. The summed E-state index contributed by atoms with van der Waals surface area (Å²) in [7, 11) is -4.37. The smallest absolute Gasteiger partial charge is 0.416 e. The molecule has 0 bridgehead atoms. The Morgan fingerprint density at radius 2 is 1.94 bits per heavy atom. The van der Waals surface area contributed by atoms with E-state index in [0.717, 1.165) is 12.1 Å². The van der Waals surface area contributed by atoms with Crippen LogP contribution in [0.15, 0.2) is 28.5 Å². The summed E-state index contributed by atoms with van der Waals surface area (Å²) in [4.78, 5) is 25.6. The molecule has 1 aromatic carbocycles. The number of thiophene rings is 1. The fourth-order valence-corrected chi connectivity index (χ4v) is 6.33. The van der Waals surface area contributed by atoms with Crippen molar-refractivity contribution in [1.82, 2.24) is 4.90 Å². The van der Waals surface area contributed by atoms with E-state index in [-0.39, 0.29) is 26.2 Å². The predicted molar refractivity (Wildman–Crippen MR) is 113 cm³/mol. The van der Waals surface area contributed by atoms with Crippen LogP contribution in [0.1, 0.15) is 40.1 Å². The van der Waals surface area contributed by atoms with Crippen molar-refractivity contribution < 1.29 is 36.3 Å². The van der Waals surface area contributed by atoms with Gasteiger partial charge in [-0.3, -0.25) is 9.52 Å². The van der Waals surface area contributed by atoms with Crippen molar-refractivity contribution in [3.8, 4) is 0 Å². The largest absolute Gasteiger partial charge is 0.480 e. The fraction of sp³-hybridized carbons (Fsp3) is 0.368. The van der Waals surface area contributed by atoms with Gasteiger partial charge in [-0.15, -0.1) is 11.3 Å². The lowest BCUT2D eigenvalue weighted by Gasteiger charge is -2.32. The second kappa shape index (κ2) is 8.91. The van der Waals surface area contributed by atoms with Gasteiger partial charge in [-0.05, 0) is 56.0 Å². The van der Waals surface area contributed by atoms with Crippen LogP contribution in [-0.4, -0.2) is 42.9 Å². The third-order valence-electron chi connectivity index (χ3n) is 4.91. The maximum absolute atomic E-state index is 13.0. The lowest BCUT2D eigenvalue weighted by atomic mass is 10.0. The molecule has 1 saturated heterocycles. The van der Waals surface area contributed by atoms with Gasteiger partial charge in [0, 0.05) is 6.54 Å². The van der Waals surface area contributed by atoms with Crippen LogP contribution in [0.2, 0.25) is 5.02 Å². The lowest BCUT2D eigenvalue weighted by Crippen LogP contribution is -2.47. The van der Waals surface area contributed by atoms with Crippen LogP contribution in [0.25, 0.3) is 0 Å². The topological polar surface area (TPSA) is 104 Å². The van der Waals surface area contributed by atoms with Gasteiger partial charge >= 0.3 is 12.1 Å². The average molecular weight is 511 g/mol. The number of carbonyl (C=O) groups is 2. The molecular weight excluding hydrogens is 493 g/mol. The minimum Gasteiger partial charge on any atom is -0.480 e. The van der Waals surface area contributed by atoms with Gasteiger partial charge in [-0.25, -0.2) is 13.2 Å². The Hall–Kier alpha value is -2.31. The number of piperidine rings is 1. The summed E-state index contributed by atoms with van der Waals surface area (Å²) in [5, 5.41) is 9.14. The molecule has 32 heavy (non-hydrogen) atoms. The molecule has 0 saturated carbocycles. The Labute approximate surface area is 190 Å². The molecule has 0 radical (unpaired) electrons. The maximum atomic E-state index is 13.0. The Bertz CT molecular complexity index is 1160. The number of rotatable bonds is 5. The van der Waals surface area contributed by atoms with Gasteiger partial charge < -0.3 is 10.0 Å². The van der Waals surface area contributed by atoms with Gasteiger partial charge in [0.2, 0.25) is 0 Å². The van der Waals surface area contributed by atoms with Crippen LogP contribution in [0.5, 0.6) is 0 Å². The van der Waals surface area contributed by atoms with Crippen LogP contribution < -0.4 is 4.72 Å². The van der Waals surface area contributed by atoms with E-state index in [9.17, 15) is 36.3 Å². The molecule has 0 spiro atoms. The summed E-state index contributed by atoms with van der Waals surface area (Å²) in [5.74, 6) is -1.75. The first-order valence-corrected chi connectivity index (χ1v) is 12.0. The van der Waals surface area contributed by atoms with Gasteiger partial charge in [-0.1, -0.05) is 11.6 Å². The summed E-state index contributed by atoms with van der Waals surface area (Å²) in [6, 6.07) is 2.56. The number of likely N-dealkylation sites (tertiary alicyclic amines) is 1. The van der Waals surface area contributed by atoms with Crippen LogP contribution in [0.4, 0.5) is 18.9 Å². The van der Waals surface area contributed by atoms with Crippen LogP contribution >= 0.6 is 22.9 Å². The third kappa shape index (κ3) is 5.02. The number of aliphatic carboxylic acids is 1. The monoisotopic (exact) mass is 510 g/mol. The first kappa shape index (κ1) is 24.3. The summed E-state index contributed by atoms with van der Waals surface area (Å²) in [5.41, 5.74) is -1.34. The Kier molecular flexibility index (Phi) is 6.78. The summed E-state index contributed by atoms with van der Waals surface area (Å²) in [6.07, 6.45) is -3.11. The summed E-state index contributed by atoms with van der Waals surface area (Å²) >= 11 is 6.49. The van der Waals surface area contributed by atoms with Crippen molar-refractivity contribution >= 4 is 50.5 Å². The molecule has 1 amide bonds. The lowest BCUT2D eigenvalue weighted by molar-refractivity contribution is -0.143. The van der Waals surface area contributed by atoms with Crippen molar-refractivity contribution in [2.24, 2.45) is 0 Å². The first-order chi connectivity index (χ1) is 14.8. The highest BCUT2D eigenvalue weighted by Crippen LogP contribution is 2.36. The van der Waals surface area contributed by atoms with Crippen molar-refractivity contribution in [3.63, 3.8) is 0 Å². The molecular formula is C19H18ClF3N2O5S2. The number of sulfonamides is 1. The minimum absolute atomic E-state index is 0.0196. The molecule has 0 aliphatic carbocycles. The van der Waals surface area contributed by atoms with Crippen LogP contribution in [0, 0.1) is 6.92 Å². The standard InChI is InChI=1S/C19H18ClF3N2O5S2/c1-10-8-15(16(26)25-7-3-2-4-14(25)17(27)28)31-18(10)32(29,30)24-13-9-11(19(21,22)23)5-6-12(13)20/h5-6,8-9,14,24H,2-4,7H2,1H3,(H,27,28)/t14-/m0/s1. The summed E-state index contributed by atoms with van der Waals surface area (Å²) in [6.45, 7) is 1.66. The fourth-order valence-electron chi connectivity index (χ4n) is 3.38. The zero-order valence-corrected chi connectivity index (χ0v) is 19.0. The number of carbonyl (C=O) groups excluding carboxylic acids is 1. The maximum Gasteiger partial charge on any atom is 0.416 e. The summed E-state index contributed by atoms with van der Waals surface area (Å²) < 4.78 is 66.4. The number of amides is 1. The van der Waals surface area contributed by atoms with E-state index in [0.29, 0.717) is 36.7 Å². The van der Waals surface area contributed by atoms with Crippen molar-refractivity contribution in [3.05, 3.63) is 45.3 Å². The van der Waals surface area contributed by atoms with Gasteiger partial charge in [0.1, 0.15) is 10.3 Å². The predicted octanol–water partition coefficient (Wildman–Crippen LogP) is 4.61. The van der Waals surface area contributed by atoms with E-state index in [4.69, 9.17) is 11.6 Å². The minimum atomic E-state index is -4.70. The molecule has 7 nitrogen and oxygen atoms in total. The Morgan fingerprint density at radius 1 is 1.25 bits per heavy atom. The second-order valence-corrected chi connectivity index (χ2v) is 10.6. The van der Waals surface area contributed by atoms with Crippen LogP contribution in [0.3, 0.4) is 0 Å². The molecule has 0 unspecified atom stereocenters. The van der Waals surface area contributed by atoms with E-state index in [2.05, 4.69) is 0 Å². The molecule has 1 fully saturated rings. The molecule has 174 valence electrons. The molecule has 1 atom stereocenters. The number of carboxylic acids is 1. The molecule has 3 rings (SSSR count). The highest BCUT2D eigenvalue weighted by atomic mass is 35.5. The molecule has 2 heterocycles. The molecule has 13 heteroatoms. The van der Waals surface area contributed by atoms with E-state index in [1.165, 1.54) is 17.9 Å². The number of alkyl halides is 3. The van der Waals surface area contributed by atoms with Crippen LogP contribution in [-0.2, 0) is 21.0 Å². The van der Waals surface area contributed by atoms with Gasteiger partial charge in [0.05, 0.1) is 21.2 Å². The van der Waals surface area contributed by atoms with E-state index < -0.39 is 45.4 Å². The van der Waals surface area contributed by atoms with Crippen molar-refractivity contribution in [2.75, 3.05) is 11.3 Å². The van der Waals surface area contributed by atoms with Gasteiger partial charge in [-0.2, -0.15) is 13.2 Å². The van der Waals surface area contributed by atoms with E-state index in [1.54, 1.807) is 0 Å². The number of anilines is 1. The number of carboxylic acid groups (broad SMARTS) is 1. The SMILES string of the molecule is Cc1cc(C(=O)N2CCCC[C@H]2C(=O)O)sc1S(=O)(=O)Nc1cc(C(F)(F)F)ccc1Cl. The number of nitrogens with zero attached hydrogens (tertiary/aromatic N) is 1. The molecule has 2 aromatic rings. The zero-order chi connectivity index (χ0) is 23.8. The van der Waals surface area contributed by atoms with Crippen molar-refractivity contribution in [1.29, 1.82) is 0 Å². The number of nitrogens with one attached hydrogen (secondary N) is 1. The molecule has 1 aliphatic rings. The van der Waals surface area contributed by atoms with E-state index >= 15 is 0 Å². The molecule has 1 aliphatic heterocycles.